The Balaban J connectivity index is 1.53. The van der Waals surface area contributed by atoms with Crippen LogP contribution < -0.4 is 5.32 Å². The lowest BCUT2D eigenvalue weighted by Gasteiger charge is -2.24. The van der Waals surface area contributed by atoms with Crippen LogP contribution >= 0.6 is 0 Å². The van der Waals surface area contributed by atoms with E-state index in [1.54, 1.807) is 0 Å². The van der Waals surface area contributed by atoms with E-state index in [0.29, 0.717) is 5.92 Å². The van der Waals surface area contributed by atoms with Gasteiger partial charge in [-0.25, -0.2) is 4.79 Å². The molecule has 0 bridgehead atoms. The standard InChI is InChI=1S/C21H29N3O2/c1-15(14-20-16(2)23-26-17(20)3)22-21(25)24-12-7-10-19(11-13-24)18-8-5-4-6-9-18/h4-6,8-9,15,19H,7,10-14H2,1-3H3,(H,22,25). The summed E-state index contributed by atoms with van der Waals surface area (Å²) in [6.45, 7) is 7.53. The molecule has 140 valence electrons. The molecule has 2 heterocycles. The zero-order valence-corrected chi connectivity index (χ0v) is 16.0. The number of hydrogen-bond acceptors (Lipinski definition) is 3. The summed E-state index contributed by atoms with van der Waals surface area (Å²) in [7, 11) is 0. The Morgan fingerprint density at radius 1 is 1.27 bits per heavy atom. The zero-order valence-electron chi connectivity index (χ0n) is 16.0. The molecule has 5 nitrogen and oxygen atoms in total. The Kier molecular flexibility index (Phi) is 5.96. The third-order valence-corrected chi connectivity index (χ3v) is 5.35. The van der Waals surface area contributed by atoms with Crippen LogP contribution in [0.3, 0.4) is 0 Å². The molecule has 5 heteroatoms. The highest BCUT2D eigenvalue weighted by Gasteiger charge is 2.23. The lowest BCUT2D eigenvalue weighted by atomic mass is 9.92. The SMILES string of the molecule is Cc1noc(C)c1CC(C)NC(=O)N1CCCC(c2ccccc2)CC1. The second kappa shape index (κ2) is 8.39. The molecule has 1 aromatic carbocycles. The molecule has 0 aliphatic carbocycles. The molecule has 1 fully saturated rings. The fourth-order valence-electron chi connectivity index (χ4n) is 3.81. The second-order valence-corrected chi connectivity index (χ2v) is 7.38. The molecule has 1 aliphatic heterocycles. The quantitative estimate of drug-likeness (QED) is 0.894. The Morgan fingerprint density at radius 2 is 2.04 bits per heavy atom. The number of aryl methyl sites for hydroxylation is 2. The number of nitrogens with zero attached hydrogens (tertiary/aromatic N) is 2. The van der Waals surface area contributed by atoms with Crippen LogP contribution in [-0.2, 0) is 6.42 Å². The van der Waals surface area contributed by atoms with Crippen LogP contribution in [0.25, 0.3) is 0 Å². The van der Waals surface area contributed by atoms with E-state index in [1.807, 2.05) is 25.7 Å². The Hall–Kier alpha value is -2.30. The van der Waals surface area contributed by atoms with E-state index in [9.17, 15) is 4.79 Å². The summed E-state index contributed by atoms with van der Waals surface area (Å²) >= 11 is 0. The molecular weight excluding hydrogens is 326 g/mol. The van der Waals surface area contributed by atoms with Gasteiger partial charge in [0.25, 0.3) is 0 Å². The molecule has 1 aromatic heterocycles. The van der Waals surface area contributed by atoms with Crippen molar-refractivity contribution < 1.29 is 9.32 Å². The van der Waals surface area contributed by atoms with E-state index >= 15 is 0 Å². The minimum atomic E-state index is 0.0398. The molecule has 1 N–H and O–H groups in total. The van der Waals surface area contributed by atoms with E-state index in [4.69, 9.17) is 4.52 Å². The van der Waals surface area contributed by atoms with Crippen molar-refractivity contribution in [3.63, 3.8) is 0 Å². The van der Waals surface area contributed by atoms with Gasteiger partial charge in [-0.3, -0.25) is 0 Å². The summed E-state index contributed by atoms with van der Waals surface area (Å²) in [4.78, 5) is 14.6. The highest BCUT2D eigenvalue weighted by Crippen LogP contribution is 2.27. The maximum Gasteiger partial charge on any atom is 0.317 e. The van der Waals surface area contributed by atoms with Gasteiger partial charge in [0, 0.05) is 24.7 Å². The Labute approximate surface area is 155 Å². The smallest absolute Gasteiger partial charge is 0.317 e. The zero-order chi connectivity index (χ0) is 18.5. The highest BCUT2D eigenvalue weighted by atomic mass is 16.5. The topological polar surface area (TPSA) is 58.4 Å². The van der Waals surface area contributed by atoms with Crippen LogP contribution in [0.4, 0.5) is 4.79 Å². The van der Waals surface area contributed by atoms with Gasteiger partial charge in [-0.05, 0) is 57.9 Å². The van der Waals surface area contributed by atoms with E-state index in [-0.39, 0.29) is 12.1 Å². The van der Waals surface area contributed by atoms with Gasteiger partial charge in [-0.15, -0.1) is 0 Å². The fourth-order valence-corrected chi connectivity index (χ4v) is 3.81. The normalized spacial score (nSPS) is 19.0. The van der Waals surface area contributed by atoms with Crippen molar-refractivity contribution in [2.24, 2.45) is 0 Å². The number of hydrogen-bond donors (Lipinski definition) is 1. The molecule has 2 amide bonds. The van der Waals surface area contributed by atoms with Gasteiger partial charge >= 0.3 is 6.03 Å². The van der Waals surface area contributed by atoms with Crippen molar-refractivity contribution in [3.05, 3.63) is 52.9 Å². The first-order valence-electron chi connectivity index (χ1n) is 9.56. The van der Waals surface area contributed by atoms with E-state index in [0.717, 1.165) is 55.8 Å². The number of benzene rings is 1. The average Bonchev–Trinajstić information content (AvgIpc) is 2.85. The second-order valence-electron chi connectivity index (χ2n) is 7.38. The van der Waals surface area contributed by atoms with Crippen molar-refractivity contribution >= 4 is 6.03 Å². The fraction of sp³-hybridized carbons (Fsp3) is 0.524. The number of nitrogens with one attached hydrogen (secondary N) is 1. The van der Waals surface area contributed by atoms with Crippen LogP contribution in [0.15, 0.2) is 34.9 Å². The minimum Gasteiger partial charge on any atom is -0.361 e. The number of likely N-dealkylation sites (tertiary alicyclic amines) is 1. The molecule has 0 spiro atoms. The molecule has 2 aromatic rings. The molecule has 1 aliphatic rings. The molecule has 2 unspecified atom stereocenters. The largest absolute Gasteiger partial charge is 0.361 e. The molecule has 0 radical (unpaired) electrons. The van der Waals surface area contributed by atoms with Crippen LogP contribution in [0, 0.1) is 13.8 Å². The van der Waals surface area contributed by atoms with E-state index in [1.165, 1.54) is 5.56 Å². The average molecular weight is 355 g/mol. The van der Waals surface area contributed by atoms with Crippen LogP contribution in [-0.4, -0.2) is 35.2 Å². The van der Waals surface area contributed by atoms with Crippen molar-refractivity contribution in [2.75, 3.05) is 13.1 Å². The predicted octanol–water partition coefficient (Wildman–Crippen LogP) is 4.20. The van der Waals surface area contributed by atoms with Crippen molar-refractivity contribution in [1.29, 1.82) is 0 Å². The Morgan fingerprint density at radius 3 is 2.73 bits per heavy atom. The van der Waals surface area contributed by atoms with Crippen LogP contribution in [0.5, 0.6) is 0 Å². The molecule has 26 heavy (non-hydrogen) atoms. The lowest BCUT2D eigenvalue weighted by Crippen LogP contribution is -2.45. The van der Waals surface area contributed by atoms with Gasteiger partial charge in [0.1, 0.15) is 5.76 Å². The highest BCUT2D eigenvalue weighted by molar-refractivity contribution is 5.74. The van der Waals surface area contributed by atoms with Crippen LogP contribution in [0.2, 0.25) is 0 Å². The molecule has 3 rings (SSSR count). The molecule has 0 saturated carbocycles. The van der Waals surface area contributed by atoms with Gasteiger partial charge < -0.3 is 14.7 Å². The summed E-state index contributed by atoms with van der Waals surface area (Å²) in [6, 6.07) is 10.7. The third-order valence-electron chi connectivity index (χ3n) is 5.35. The van der Waals surface area contributed by atoms with Crippen molar-refractivity contribution in [2.45, 2.75) is 58.4 Å². The molecular formula is C21H29N3O2. The molecule has 2 atom stereocenters. The van der Waals surface area contributed by atoms with Gasteiger partial charge in [0.2, 0.25) is 0 Å². The first-order chi connectivity index (χ1) is 12.5. The van der Waals surface area contributed by atoms with Gasteiger partial charge in [0.05, 0.1) is 5.69 Å². The minimum absolute atomic E-state index is 0.0398. The van der Waals surface area contributed by atoms with E-state index in [2.05, 4.69) is 40.8 Å². The molecule has 1 saturated heterocycles. The third kappa shape index (κ3) is 4.45. The maximum absolute atomic E-state index is 12.7. The van der Waals surface area contributed by atoms with Crippen LogP contribution in [0.1, 0.15) is 54.7 Å². The summed E-state index contributed by atoms with van der Waals surface area (Å²) in [5, 5.41) is 7.13. The van der Waals surface area contributed by atoms with Gasteiger partial charge in [0.15, 0.2) is 0 Å². The first kappa shape index (κ1) is 18.5. The monoisotopic (exact) mass is 355 g/mol. The van der Waals surface area contributed by atoms with E-state index < -0.39 is 0 Å². The number of carbonyl (C=O) groups is 1. The number of amides is 2. The number of urea groups is 1. The van der Waals surface area contributed by atoms with Crippen molar-refractivity contribution in [3.8, 4) is 0 Å². The lowest BCUT2D eigenvalue weighted by molar-refractivity contribution is 0.196. The maximum atomic E-state index is 12.7. The summed E-state index contributed by atoms with van der Waals surface area (Å²) < 4.78 is 5.21. The van der Waals surface area contributed by atoms with Gasteiger partial charge in [-0.2, -0.15) is 0 Å². The predicted molar refractivity (Wildman–Crippen MR) is 102 cm³/mol. The number of aromatic nitrogens is 1. The summed E-state index contributed by atoms with van der Waals surface area (Å²) in [5.41, 5.74) is 3.39. The summed E-state index contributed by atoms with van der Waals surface area (Å²) in [5.74, 6) is 1.39. The summed E-state index contributed by atoms with van der Waals surface area (Å²) in [6.07, 6.45) is 3.96. The number of carbonyl (C=O) groups excluding carboxylic acids is 1. The van der Waals surface area contributed by atoms with Gasteiger partial charge in [-0.1, -0.05) is 35.5 Å². The van der Waals surface area contributed by atoms with Crippen molar-refractivity contribution in [1.82, 2.24) is 15.4 Å². The number of rotatable bonds is 4. The Bertz CT molecular complexity index is 707. The first-order valence-corrected chi connectivity index (χ1v) is 9.56.